The third-order valence-corrected chi connectivity index (χ3v) is 5.05. The van der Waals surface area contributed by atoms with Crippen LogP contribution in [0, 0.1) is 6.92 Å². The van der Waals surface area contributed by atoms with Gasteiger partial charge < -0.3 is 9.15 Å². The molecule has 0 aliphatic carbocycles. The summed E-state index contributed by atoms with van der Waals surface area (Å²) in [6.45, 7) is 4.54. The summed E-state index contributed by atoms with van der Waals surface area (Å²) in [6.07, 6.45) is 1.73. The van der Waals surface area contributed by atoms with Gasteiger partial charge in [-0.1, -0.05) is 43.2 Å². The van der Waals surface area contributed by atoms with Gasteiger partial charge >= 0.3 is 0 Å². The van der Waals surface area contributed by atoms with Crippen molar-refractivity contribution in [3.63, 3.8) is 0 Å². The number of benzene rings is 2. The van der Waals surface area contributed by atoms with Crippen molar-refractivity contribution in [3.05, 3.63) is 68.6 Å². The maximum Gasteiger partial charge on any atom is 0.269 e. The molecule has 0 unspecified atom stereocenters. The largest absolute Gasteiger partial charge is 0.497 e. The van der Waals surface area contributed by atoms with Crippen molar-refractivity contribution >= 4 is 22.1 Å². The van der Waals surface area contributed by atoms with E-state index in [0.29, 0.717) is 29.1 Å². The molecular weight excluding hydrogens is 368 g/mol. The van der Waals surface area contributed by atoms with E-state index in [2.05, 4.69) is 11.9 Å². The van der Waals surface area contributed by atoms with Crippen molar-refractivity contribution in [1.82, 2.24) is 9.55 Å². The van der Waals surface area contributed by atoms with E-state index < -0.39 is 0 Å². The van der Waals surface area contributed by atoms with Gasteiger partial charge in [0, 0.05) is 18.2 Å². The average Bonchev–Trinajstić information content (AvgIpc) is 2.73. The van der Waals surface area contributed by atoms with E-state index >= 15 is 0 Å². The molecule has 0 aliphatic rings. The van der Waals surface area contributed by atoms with Crippen molar-refractivity contribution in [2.45, 2.75) is 33.2 Å². The van der Waals surface area contributed by atoms with Crippen molar-refractivity contribution < 1.29 is 9.15 Å². The van der Waals surface area contributed by atoms with Gasteiger partial charge in [0.25, 0.3) is 5.56 Å². The Morgan fingerprint density at radius 3 is 2.55 bits per heavy atom. The fraction of sp³-hybridized carbons (Fsp3) is 0.261. The van der Waals surface area contributed by atoms with Gasteiger partial charge in [0.1, 0.15) is 17.2 Å². The van der Waals surface area contributed by atoms with E-state index in [4.69, 9.17) is 9.15 Å². The summed E-state index contributed by atoms with van der Waals surface area (Å²) in [7, 11) is 1.54. The second-order valence-electron chi connectivity index (χ2n) is 7.09. The second kappa shape index (κ2) is 7.54. The molecule has 0 fully saturated rings. The number of aromatic nitrogens is 2. The number of rotatable bonds is 5. The number of methoxy groups -OCH3 is 1. The second-order valence-corrected chi connectivity index (χ2v) is 7.09. The van der Waals surface area contributed by atoms with Crippen LogP contribution < -0.4 is 15.7 Å². The number of unbranched alkanes of at least 4 members (excludes halogenated alkanes) is 1. The van der Waals surface area contributed by atoms with E-state index in [1.165, 1.54) is 0 Å². The van der Waals surface area contributed by atoms with E-state index in [0.717, 1.165) is 24.0 Å². The highest BCUT2D eigenvalue weighted by molar-refractivity contribution is 5.89. The summed E-state index contributed by atoms with van der Waals surface area (Å²) in [5.74, 6) is 1.07. The number of fused-ring (bicyclic) bond motifs is 2. The first kappa shape index (κ1) is 18.9. The molecule has 0 radical (unpaired) electrons. The minimum Gasteiger partial charge on any atom is -0.497 e. The Bertz CT molecular complexity index is 1320. The Kier molecular flexibility index (Phi) is 4.92. The van der Waals surface area contributed by atoms with Crippen LogP contribution >= 0.6 is 0 Å². The van der Waals surface area contributed by atoms with Crippen LogP contribution in [-0.2, 0) is 6.54 Å². The van der Waals surface area contributed by atoms with Crippen LogP contribution in [0.4, 0.5) is 0 Å². The zero-order valence-corrected chi connectivity index (χ0v) is 16.7. The molecule has 2 heterocycles. The summed E-state index contributed by atoms with van der Waals surface area (Å²) in [5, 5.41) is 0.317. The molecule has 4 rings (SSSR count). The van der Waals surface area contributed by atoms with Crippen LogP contribution in [0.5, 0.6) is 5.75 Å². The minimum atomic E-state index is -0.373. The Labute approximate surface area is 167 Å². The van der Waals surface area contributed by atoms with Crippen molar-refractivity contribution in [2.24, 2.45) is 0 Å². The van der Waals surface area contributed by atoms with Crippen LogP contribution in [0.3, 0.4) is 0 Å². The predicted molar refractivity (Wildman–Crippen MR) is 114 cm³/mol. The topological polar surface area (TPSA) is 74.3 Å². The van der Waals surface area contributed by atoms with E-state index in [9.17, 15) is 9.59 Å². The normalized spacial score (nSPS) is 11.3. The lowest BCUT2D eigenvalue weighted by Gasteiger charge is -2.13. The third-order valence-electron chi connectivity index (χ3n) is 5.05. The van der Waals surface area contributed by atoms with Gasteiger partial charge in [-0.25, -0.2) is 0 Å². The smallest absolute Gasteiger partial charge is 0.269 e. The Balaban J connectivity index is 2.08. The molecule has 2 aromatic heterocycles. The molecule has 0 saturated heterocycles. The number of aryl methyl sites for hydroxylation is 1. The lowest BCUT2D eigenvalue weighted by molar-refractivity contribution is 0.414. The number of hydrogen-bond donors (Lipinski definition) is 0. The standard InChI is InChI=1S/C23H22N2O4/c1-4-5-12-25-21(15-8-6-14(2)7-9-15)24-22-19(23(25)27)20(26)17-11-10-16(28-3)13-18(17)29-22/h6-11,13H,4-5,12H2,1-3H3. The van der Waals surface area contributed by atoms with Crippen molar-refractivity contribution in [3.8, 4) is 17.1 Å². The van der Waals surface area contributed by atoms with Gasteiger partial charge in [-0.2, -0.15) is 4.98 Å². The SMILES string of the molecule is CCCCn1c(-c2ccc(C)cc2)nc2oc3cc(OC)ccc3c(=O)c2c1=O. The van der Waals surface area contributed by atoms with Crippen LogP contribution in [0.25, 0.3) is 33.5 Å². The van der Waals surface area contributed by atoms with Crippen LogP contribution in [0.15, 0.2) is 56.5 Å². The maximum atomic E-state index is 13.3. The van der Waals surface area contributed by atoms with Gasteiger partial charge in [0.05, 0.1) is 12.5 Å². The molecule has 148 valence electrons. The van der Waals surface area contributed by atoms with Crippen molar-refractivity contribution in [2.75, 3.05) is 7.11 Å². The molecule has 2 aromatic carbocycles. The quantitative estimate of drug-likeness (QED) is 0.475. The molecule has 0 spiro atoms. The average molecular weight is 390 g/mol. The Hall–Kier alpha value is -3.41. The van der Waals surface area contributed by atoms with Gasteiger partial charge in [0.15, 0.2) is 5.39 Å². The summed E-state index contributed by atoms with van der Waals surface area (Å²) in [5.41, 5.74) is 1.56. The third kappa shape index (κ3) is 3.31. The van der Waals surface area contributed by atoms with Gasteiger partial charge in [-0.05, 0) is 25.5 Å². The highest BCUT2D eigenvalue weighted by atomic mass is 16.5. The zero-order chi connectivity index (χ0) is 20.5. The lowest BCUT2D eigenvalue weighted by Crippen LogP contribution is -2.27. The van der Waals surface area contributed by atoms with Gasteiger partial charge in [0.2, 0.25) is 11.1 Å². The number of nitrogens with zero attached hydrogens (tertiary/aromatic N) is 2. The zero-order valence-electron chi connectivity index (χ0n) is 16.7. The number of hydrogen-bond acceptors (Lipinski definition) is 5. The number of ether oxygens (including phenoxy) is 1. The Morgan fingerprint density at radius 1 is 1.10 bits per heavy atom. The molecule has 0 saturated carbocycles. The van der Waals surface area contributed by atoms with Crippen LogP contribution in [0.2, 0.25) is 0 Å². The molecule has 0 N–H and O–H groups in total. The van der Waals surface area contributed by atoms with Crippen LogP contribution in [0.1, 0.15) is 25.3 Å². The highest BCUT2D eigenvalue weighted by Gasteiger charge is 2.19. The fourth-order valence-electron chi connectivity index (χ4n) is 3.39. The first-order chi connectivity index (χ1) is 14.0. The predicted octanol–water partition coefficient (Wildman–Crippen LogP) is 4.29. The van der Waals surface area contributed by atoms with E-state index in [1.807, 2.05) is 31.2 Å². The first-order valence-electron chi connectivity index (χ1n) is 9.66. The van der Waals surface area contributed by atoms with E-state index in [1.54, 1.807) is 29.9 Å². The molecule has 0 atom stereocenters. The molecule has 0 aliphatic heterocycles. The minimum absolute atomic E-state index is 0.0189. The molecule has 0 amide bonds. The van der Waals surface area contributed by atoms with Gasteiger partial charge in [-0.3, -0.25) is 14.2 Å². The van der Waals surface area contributed by atoms with Crippen LogP contribution in [-0.4, -0.2) is 16.7 Å². The van der Waals surface area contributed by atoms with E-state index in [-0.39, 0.29) is 22.1 Å². The maximum absolute atomic E-state index is 13.3. The summed E-state index contributed by atoms with van der Waals surface area (Å²) in [6, 6.07) is 12.7. The monoisotopic (exact) mass is 390 g/mol. The molecular formula is C23H22N2O4. The fourth-order valence-corrected chi connectivity index (χ4v) is 3.39. The lowest BCUT2D eigenvalue weighted by atomic mass is 10.1. The molecule has 29 heavy (non-hydrogen) atoms. The first-order valence-corrected chi connectivity index (χ1v) is 9.66. The van der Waals surface area contributed by atoms with Crippen molar-refractivity contribution in [1.29, 1.82) is 0 Å². The summed E-state index contributed by atoms with van der Waals surface area (Å²) < 4.78 is 12.7. The van der Waals surface area contributed by atoms with Gasteiger partial charge in [-0.15, -0.1) is 0 Å². The molecule has 4 aromatic rings. The molecule has 6 nitrogen and oxygen atoms in total. The molecule has 6 heteroatoms. The summed E-state index contributed by atoms with van der Waals surface area (Å²) >= 11 is 0. The Morgan fingerprint density at radius 2 is 1.86 bits per heavy atom. The molecule has 0 bridgehead atoms. The highest BCUT2D eigenvalue weighted by Crippen LogP contribution is 2.24. The summed E-state index contributed by atoms with van der Waals surface area (Å²) in [4.78, 5) is 31.0.